The minimum Gasteiger partial charge on any atom is -0.399 e. The topological polar surface area (TPSA) is 36.3 Å². The van der Waals surface area contributed by atoms with Crippen molar-refractivity contribution in [2.24, 2.45) is 5.41 Å². The Morgan fingerprint density at radius 2 is 1.64 bits per heavy atom. The quantitative estimate of drug-likeness (QED) is 0.774. The van der Waals surface area contributed by atoms with Crippen LogP contribution in [0.2, 0.25) is 0 Å². The standard InChI is InChI=1S/C17H26BF3N2O2/c1-14(2)15(3,4)25-18(24-14)13-10-22-23(11-13)12-16(17(19,20)21)8-6-5-7-9-16/h10-11H,5-9,12H2,1-4H3. The fraction of sp³-hybridized carbons (Fsp3) is 0.824. The first-order chi connectivity index (χ1) is 11.5. The fourth-order valence-electron chi connectivity index (χ4n) is 3.64. The molecule has 0 bridgehead atoms. The molecular formula is C17H26BF3N2O2. The molecule has 8 heteroatoms. The molecule has 1 aliphatic carbocycles. The summed E-state index contributed by atoms with van der Waals surface area (Å²) in [7, 11) is -0.605. The second-order valence-corrected chi connectivity index (χ2v) is 8.40. The molecule has 2 heterocycles. The minimum absolute atomic E-state index is 0.143. The van der Waals surface area contributed by atoms with Crippen LogP contribution in [0.4, 0.5) is 13.2 Å². The van der Waals surface area contributed by atoms with Gasteiger partial charge < -0.3 is 9.31 Å². The van der Waals surface area contributed by atoms with Gasteiger partial charge in [-0.25, -0.2) is 0 Å². The lowest BCUT2D eigenvalue weighted by Crippen LogP contribution is -2.43. The molecule has 1 aliphatic heterocycles. The third-order valence-corrected chi connectivity index (χ3v) is 6.06. The SMILES string of the molecule is CC1(C)OB(c2cnn(CC3(C(F)(F)F)CCCCC3)c2)OC1(C)C. The van der Waals surface area contributed by atoms with Gasteiger partial charge >= 0.3 is 13.3 Å². The first kappa shape index (κ1) is 18.8. The van der Waals surface area contributed by atoms with Crippen molar-refractivity contribution >= 4 is 12.6 Å². The van der Waals surface area contributed by atoms with Crippen molar-refractivity contribution in [3.63, 3.8) is 0 Å². The molecule has 1 saturated heterocycles. The summed E-state index contributed by atoms with van der Waals surface area (Å²) in [5.41, 5.74) is -2.00. The van der Waals surface area contributed by atoms with Gasteiger partial charge in [0.1, 0.15) is 0 Å². The summed E-state index contributed by atoms with van der Waals surface area (Å²) in [5, 5.41) is 4.17. The number of aromatic nitrogens is 2. The van der Waals surface area contributed by atoms with E-state index < -0.39 is 29.9 Å². The van der Waals surface area contributed by atoms with E-state index in [0.29, 0.717) is 18.3 Å². The largest absolute Gasteiger partial charge is 0.498 e. The molecule has 1 saturated carbocycles. The van der Waals surface area contributed by atoms with Crippen LogP contribution in [-0.4, -0.2) is 34.3 Å². The Morgan fingerprint density at radius 1 is 1.08 bits per heavy atom. The molecule has 3 rings (SSSR count). The zero-order valence-electron chi connectivity index (χ0n) is 15.3. The van der Waals surface area contributed by atoms with E-state index in [0.717, 1.165) is 6.42 Å². The van der Waals surface area contributed by atoms with Crippen LogP contribution in [0.15, 0.2) is 12.4 Å². The lowest BCUT2D eigenvalue weighted by Gasteiger charge is -2.38. The molecule has 0 aromatic carbocycles. The van der Waals surface area contributed by atoms with E-state index in [1.165, 1.54) is 4.68 Å². The van der Waals surface area contributed by atoms with Gasteiger partial charge in [-0.05, 0) is 40.5 Å². The second kappa shape index (κ2) is 6.01. The highest BCUT2D eigenvalue weighted by molar-refractivity contribution is 6.61. The predicted octanol–water partition coefficient (Wildman–Crippen LogP) is 3.70. The highest BCUT2D eigenvalue weighted by Gasteiger charge is 2.55. The van der Waals surface area contributed by atoms with Crippen LogP contribution in [0, 0.1) is 5.41 Å². The predicted molar refractivity (Wildman–Crippen MR) is 89.5 cm³/mol. The van der Waals surface area contributed by atoms with Gasteiger partial charge in [0, 0.05) is 17.9 Å². The van der Waals surface area contributed by atoms with Gasteiger partial charge in [0.05, 0.1) is 23.2 Å². The Hall–Kier alpha value is -1.02. The maximum Gasteiger partial charge on any atom is 0.498 e. The number of alkyl halides is 3. The molecule has 140 valence electrons. The lowest BCUT2D eigenvalue weighted by molar-refractivity contribution is -0.240. The average molecular weight is 358 g/mol. The number of rotatable bonds is 3. The highest BCUT2D eigenvalue weighted by Crippen LogP contribution is 2.50. The zero-order chi connectivity index (χ0) is 18.5. The van der Waals surface area contributed by atoms with Crippen molar-refractivity contribution in [3.05, 3.63) is 12.4 Å². The molecule has 1 aromatic rings. The van der Waals surface area contributed by atoms with Crippen molar-refractivity contribution in [3.8, 4) is 0 Å². The van der Waals surface area contributed by atoms with Crippen molar-refractivity contribution in [2.75, 3.05) is 0 Å². The first-order valence-corrected chi connectivity index (χ1v) is 8.91. The maximum absolute atomic E-state index is 13.7. The summed E-state index contributed by atoms with van der Waals surface area (Å²) in [6.45, 7) is 7.63. The Morgan fingerprint density at radius 3 is 2.16 bits per heavy atom. The van der Waals surface area contributed by atoms with Gasteiger partial charge in [-0.1, -0.05) is 19.3 Å². The van der Waals surface area contributed by atoms with Gasteiger partial charge in [0.25, 0.3) is 0 Å². The molecule has 1 aromatic heterocycles. The van der Waals surface area contributed by atoms with Crippen LogP contribution < -0.4 is 5.46 Å². The molecule has 0 spiro atoms. The van der Waals surface area contributed by atoms with Crippen LogP contribution in [0.25, 0.3) is 0 Å². The number of nitrogens with zero attached hydrogens (tertiary/aromatic N) is 2. The third-order valence-electron chi connectivity index (χ3n) is 6.06. The van der Waals surface area contributed by atoms with E-state index >= 15 is 0 Å². The van der Waals surface area contributed by atoms with Crippen molar-refractivity contribution in [2.45, 2.75) is 83.7 Å². The van der Waals surface area contributed by atoms with E-state index in [1.807, 2.05) is 27.7 Å². The van der Waals surface area contributed by atoms with E-state index in [2.05, 4.69) is 5.10 Å². The summed E-state index contributed by atoms with van der Waals surface area (Å²) in [5.74, 6) is 0. The fourth-order valence-corrected chi connectivity index (χ4v) is 3.64. The Labute approximate surface area is 147 Å². The van der Waals surface area contributed by atoms with Crippen LogP contribution in [-0.2, 0) is 15.9 Å². The molecule has 4 nitrogen and oxygen atoms in total. The maximum atomic E-state index is 13.7. The van der Waals surface area contributed by atoms with Crippen LogP contribution >= 0.6 is 0 Å². The zero-order valence-corrected chi connectivity index (χ0v) is 15.3. The smallest absolute Gasteiger partial charge is 0.399 e. The molecule has 0 atom stereocenters. The summed E-state index contributed by atoms with van der Waals surface area (Å²) in [6, 6.07) is 0. The van der Waals surface area contributed by atoms with E-state index in [1.54, 1.807) is 12.4 Å². The average Bonchev–Trinajstić information content (AvgIpc) is 3.01. The van der Waals surface area contributed by atoms with E-state index in [4.69, 9.17) is 9.31 Å². The molecule has 0 N–H and O–H groups in total. The monoisotopic (exact) mass is 358 g/mol. The number of hydrogen-bond acceptors (Lipinski definition) is 3. The van der Waals surface area contributed by atoms with Gasteiger partial charge in [0.2, 0.25) is 0 Å². The van der Waals surface area contributed by atoms with Crippen LogP contribution in [0.1, 0.15) is 59.8 Å². The van der Waals surface area contributed by atoms with Gasteiger partial charge in [0.15, 0.2) is 0 Å². The number of hydrogen-bond donors (Lipinski definition) is 0. The number of halogens is 3. The van der Waals surface area contributed by atoms with Crippen molar-refractivity contribution in [1.29, 1.82) is 0 Å². The molecule has 0 radical (unpaired) electrons. The molecule has 2 aliphatic rings. The summed E-state index contributed by atoms with van der Waals surface area (Å²) < 4.78 is 54.4. The first-order valence-electron chi connectivity index (χ1n) is 8.91. The van der Waals surface area contributed by atoms with E-state index in [-0.39, 0.29) is 19.4 Å². The normalized spacial score (nSPS) is 25.3. The third kappa shape index (κ3) is 3.35. The van der Waals surface area contributed by atoms with Crippen molar-refractivity contribution < 1.29 is 22.5 Å². The molecular weight excluding hydrogens is 332 g/mol. The van der Waals surface area contributed by atoms with Gasteiger partial charge in [-0.2, -0.15) is 18.3 Å². The van der Waals surface area contributed by atoms with Crippen LogP contribution in [0.3, 0.4) is 0 Å². The molecule has 2 fully saturated rings. The van der Waals surface area contributed by atoms with Crippen LogP contribution in [0.5, 0.6) is 0 Å². The Bertz CT molecular complexity index is 606. The van der Waals surface area contributed by atoms with Crippen molar-refractivity contribution in [1.82, 2.24) is 9.78 Å². The highest BCUT2D eigenvalue weighted by atomic mass is 19.4. The Kier molecular flexibility index (Phi) is 4.51. The Balaban J connectivity index is 1.78. The molecule has 25 heavy (non-hydrogen) atoms. The van der Waals surface area contributed by atoms with E-state index in [9.17, 15) is 13.2 Å². The van der Waals surface area contributed by atoms with Gasteiger partial charge in [-0.3, -0.25) is 4.68 Å². The minimum atomic E-state index is -4.22. The summed E-state index contributed by atoms with van der Waals surface area (Å²) in [6.07, 6.45) is 1.40. The van der Waals surface area contributed by atoms with Gasteiger partial charge in [-0.15, -0.1) is 0 Å². The second-order valence-electron chi connectivity index (χ2n) is 8.40. The molecule has 0 amide bonds. The summed E-state index contributed by atoms with van der Waals surface area (Å²) in [4.78, 5) is 0. The molecule has 0 unspecified atom stereocenters. The lowest BCUT2D eigenvalue weighted by atomic mass is 9.73. The summed E-state index contributed by atoms with van der Waals surface area (Å²) >= 11 is 0.